The quantitative estimate of drug-likeness (QED) is 0.627. The predicted octanol–water partition coefficient (Wildman–Crippen LogP) is 1.38. The fraction of sp³-hybridized carbons (Fsp3) is 0.812. The van der Waals surface area contributed by atoms with Crippen LogP contribution in [0, 0.1) is 0 Å². The molecule has 1 saturated carbocycles. The average Bonchev–Trinajstić information content (AvgIpc) is 3.31. The highest BCUT2D eigenvalue weighted by atomic mass is 16.7. The highest BCUT2D eigenvalue weighted by molar-refractivity contribution is 5.87. The summed E-state index contributed by atoms with van der Waals surface area (Å²) in [6, 6.07) is 0. The number of hydrogen-bond acceptors (Lipinski definition) is 5. The average molecular weight is 296 g/mol. The van der Waals surface area contributed by atoms with Gasteiger partial charge in [0.2, 0.25) is 0 Å². The Labute approximate surface area is 125 Å². The van der Waals surface area contributed by atoms with Crippen molar-refractivity contribution in [2.75, 3.05) is 13.7 Å². The Kier molecular flexibility index (Phi) is 3.34. The van der Waals surface area contributed by atoms with E-state index in [4.69, 9.17) is 14.2 Å². The molecular weight excluding hydrogens is 272 g/mol. The molecule has 1 aliphatic carbocycles. The van der Waals surface area contributed by atoms with Crippen LogP contribution in [-0.4, -0.2) is 53.6 Å². The summed E-state index contributed by atoms with van der Waals surface area (Å²) in [6.07, 6.45) is 2.75. The van der Waals surface area contributed by atoms with Crippen LogP contribution in [0.3, 0.4) is 0 Å². The number of allylic oxidation sites excluding steroid dienone is 1. The molecule has 1 N–H and O–H groups in total. The molecule has 21 heavy (non-hydrogen) atoms. The van der Waals surface area contributed by atoms with E-state index >= 15 is 0 Å². The Morgan fingerprint density at radius 1 is 1.52 bits per heavy atom. The van der Waals surface area contributed by atoms with Crippen LogP contribution in [0.25, 0.3) is 0 Å². The zero-order chi connectivity index (χ0) is 15.5. The van der Waals surface area contributed by atoms with Gasteiger partial charge >= 0.3 is 0 Å². The molecule has 3 rings (SSSR count). The fourth-order valence-electron chi connectivity index (χ4n) is 3.80. The van der Waals surface area contributed by atoms with Crippen LogP contribution in [-0.2, 0) is 19.0 Å². The van der Waals surface area contributed by atoms with Gasteiger partial charge in [-0.15, -0.1) is 0 Å². The number of methoxy groups -OCH3 is 1. The predicted molar refractivity (Wildman–Crippen MR) is 76.0 cm³/mol. The molecule has 0 aromatic rings. The zero-order valence-corrected chi connectivity index (χ0v) is 13.1. The molecule has 2 saturated heterocycles. The van der Waals surface area contributed by atoms with Crippen molar-refractivity contribution < 1.29 is 24.1 Å². The molecule has 5 heteroatoms. The Morgan fingerprint density at radius 2 is 2.19 bits per heavy atom. The number of rotatable bonds is 4. The van der Waals surface area contributed by atoms with Gasteiger partial charge in [0.05, 0.1) is 12.7 Å². The molecule has 0 aromatic heterocycles. The molecule has 0 unspecified atom stereocenters. The molecular formula is C16H24O5. The first-order valence-electron chi connectivity index (χ1n) is 7.54. The minimum Gasteiger partial charge on any atom is -0.380 e. The SMILES string of the molecule is CO[C@@H]1C(=O)CC[C@]2(CO2)[C@]1(O)[C@@]1(C)O[C@@H]1CC=C(C)C. The third-order valence-electron chi connectivity index (χ3n) is 5.31. The Morgan fingerprint density at radius 3 is 2.71 bits per heavy atom. The van der Waals surface area contributed by atoms with E-state index in [9.17, 15) is 9.90 Å². The smallest absolute Gasteiger partial charge is 0.164 e. The molecule has 2 aliphatic heterocycles. The summed E-state index contributed by atoms with van der Waals surface area (Å²) >= 11 is 0. The fourth-order valence-corrected chi connectivity index (χ4v) is 3.80. The maximum Gasteiger partial charge on any atom is 0.164 e. The van der Waals surface area contributed by atoms with Gasteiger partial charge in [0.1, 0.15) is 17.3 Å². The molecule has 5 atom stereocenters. The van der Waals surface area contributed by atoms with E-state index in [2.05, 4.69) is 6.08 Å². The van der Waals surface area contributed by atoms with E-state index in [1.807, 2.05) is 20.8 Å². The largest absolute Gasteiger partial charge is 0.380 e. The highest BCUT2D eigenvalue weighted by Crippen LogP contribution is 2.61. The number of hydrogen-bond donors (Lipinski definition) is 1. The van der Waals surface area contributed by atoms with E-state index in [0.717, 1.165) is 6.42 Å². The maximum absolute atomic E-state index is 12.2. The first-order chi connectivity index (χ1) is 9.81. The number of ether oxygens (including phenoxy) is 3. The third-order valence-corrected chi connectivity index (χ3v) is 5.31. The Hall–Kier alpha value is -0.750. The van der Waals surface area contributed by atoms with Crippen LogP contribution in [0.2, 0.25) is 0 Å². The normalized spacial score (nSPS) is 48.3. The first-order valence-corrected chi connectivity index (χ1v) is 7.54. The lowest BCUT2D eigenvalue weighted by Crippen LogP contribution is -2.69. The number of carbonyl (C=O) groups is 1. The van der Waals surface area contributed by atoms with Crippen molar-refractivity contribution in [3.63, 3.8) is 0 Å². The second-order valence-corrected chi connectivity index (χ2v) is 6.86. The second kappa shape index (κ2) is 4.62. The summed E-state index contributed by atoms with van der Waals surface area (Å²) in [7, 11) is 1.46. The van der Waals surface area contributed by atoms with Crippen molar-refractivity contribution in [1.29, 1.82) is 0 Å². The van der Waals surface area contributed by atoms with Crippen LogP contribution >= 0.6 is 0 Å². The monoisotopic (exact) mass is 296 g/mol. The molecule has 2 heterocycles. The van der Waals surface area contributed by atoms with Crippen LogP contribution in [0.15, 0.2) is 11.6 Å². The molecule has 3 fully saturated rings. The van der Waals surface area contributed by atoms with Gasteiger partial charge in [-0.05, 0) is 33.6 Å². The van der Waals surface area contributed by atoms with E-state index in [0.29, 0.717) is 19.4 Å². The van der Waals surface area contributed by atoms with Crippen molar-refractivity contribution in [3.8, 4) is 0 Å². The Balaban J connectivity index is 1.90. The van der Waals surface area contributed by atoms with Gasteiger partial charge in [-0.2, -0.15) is 0 Å². The molecule has 0 aromatic carbocycles. The minimum atomic E-state index is -1.41. The molecule has 0 amide bonds. The number of aliphatic hydroxyl groups is 1. The topological polar surface area (TPSA) is 71.6 Å². The van der Waals surface area contributed by atoms with Crippen molar-refractivity contribution in [2.24, 2.45) is 0 Å². The second-order valence-electron chi connectivity index (χ2n) is 6.86. The van der Waals surface area contributed by atoms with Gasteiger partial charge in [-0.3, -0.25) is 4.79 Å². The standard InChI is InChI=1S/C16H24O5/c1-10(2)5-6-12-14(3,21-12)16(18)13(19-4)11(17)7-8-15(16)9-20-15/h5,12-13,18H,6-9H2,1-4H3/t12-,13-,14+,15+,16-/m1/s1. The summed E-state index contributed by atoms with van der Waals surface area (Å²) in [4.78, 5) is 12.2. The van der Waals surface area contributed by atoms with Gasteiger partial charge in [-0.25, -0.2) is 0 Å². The van der Waals surface area contributed by atoms with Crippen LogP contribution in [0.1, 0.15) is 40.0 Å². The van der Waals surface area contributed by atoms with Crippen molar-refractivity contribution in [1.82, 2.24) is 0 Å². The third kappa shape index (κ3) is 1.95. The maximum atomic E-state index is 12.2. The Bertz CT molecular complexity index is 491. The summed E-state index contributed by atoms with van der Waals surface area (Å²) in [5.41, 5.74) is -1.69. The molecule has 118 valence electrons. The van der Waals surface area contributed by atoms with E-state index in [1.165, 1.54) is 12.7 Å². The lowest BCUT2D eigenvalue weighted by Gasteiger charge is -2.45. The number of carbonyl (C=O) groups excluding carboxylic acids is 1. The molecule has 5 nitrogen and oxygen atoms in total. The number of epoxide rings is 2. The molecule has 1 spiro atoms. The highest BCUT2D eigenvalue weighted by Gasteiger charge is 2.81. The molecule has 0 radical (unpaired) electrons. The number of Topliss-reactive ketones (excluding diaryl/α,β-unsaturated/α-hetero) is 1. The van der Waals surface area contributed by atoms with E-state index in [1.54, 1.807) is 0 Å². The molecule has 3 aliphatic rings. The zero-order valence-electron chi connectivity index (χ0n) is 13.1. The number of ketones is 1. The van der Waals surface area contributed by atoms with E-state index in [-0.39, 0.29) is 11.9 Å². The van der Waals surface area contributed by atoms with Gasteiger partial charge in [0.25, 0.3) is 0 Å². The van der Waals surface area contributed by atoms with Crippen LogP contribution < -0.4 is 0 Å². The minimum absolute atomic E-state index is 0.0705. The van der Waals surface area contributed by atoms with Gasteiger partial charge in [-0.1, -0.05) is 11.6 Å². The summed E-state index contributed by atoms with van der Waals surface area (Å²) in [6.45, 7) is 6.39. The first kappa shape index (κ1) is 15.2. The summed E-state index contributed by atoms with van der Waals surface area (Å²) in [5, 5.41) is 11.4. The van der Waals surface area contributed by atoms with Crippen LogP contribution in [0.5, 0.6) is 0 Å². The summed E-state index contributed by atoms with van der Waals surface area (Å²) < 4.78 is 16.8. The van der Waals surface area contributed by atoms with E-state index < -0.39 is 22.9 Å². The molecule has 0 bridgehead atoms. The van der Waals surface area contributed by atoms with Gasteiger partial charge < -0.3 is 19.3 Å². The van der Waals surface area contributed by atoms with Gasteiger partial charge in [0, 0.05) is 13.5 Å². The lowest BCUT2D eigenvalue weighted by molar-refractivity contribution is -0.193. The van der Waals surface area contributed by atoms with Gasteiger partial charge in [0.15, 0.2) is 11.4 Å². The summed E-state index contributed by atoms with van der Waals surface area (Å²) in [5.74, 6) is -0.0705. The van der Waals surface area contributed by atoms with Crippen molar-refractivity contribution in [2.45, 2.75) is 69.0 Å². The van der Waals surface area contributed by atoms with Crippen molar-refractivity contribution >= 4 is 5.78 Å². The lowest BCUT2D eigenvalue weighted by atomic mass is 9.65. The van der Waals surface area contributed by atoms with Crippen LogP contribution in [0.4, 0.5) is 0 Å². The van der Waals surface area contributed by atoms with Crippen molar-refractivity contribution in [3.05, 3.63) is 11.6 Å².